The minimum Gasteiger partial charge on any atom is -0.327 e. The van der Waals surface area contributed by atoms with Crippen molar-refractivity contribution in [3.63, 3.8) is 0 Å². The number of piperidine rings is 2. The summed E-state index contributed by atoms with van der Waals surface area (Å²) in [5.74, 6) is 0. The molecule has 0 bridgehead atoms. The molecule has 0 aromatic heterocycles. The van der Waals surface area contributed by atoms with Crippen molar-refractivity contribution in [2.45, 2.75) is 50.7 Å². The zero-order valence-electron chi connectivity index (χ0n) is 9.21. The first-order valence-electron chi connectivity index (χ1n) is 6.00. The smallest absolute Gasteiger partial charge is 0.0250 e. The maximum atomic E-state index is 5.88. The van der Waals surface area contributed by atoms with Crippen molar-refractivity contribution >= 4 is 0 Å². The molecule has 0 saturated carbocycles. The number of fused-ring (bicyclic) bond motifs is 1. The molecular weight excluding hydrogens is 174 g/mol. The molecule has 3 heteroatoms. The summed E-state index contributed by atoms with van der Waals surface area (Å²) in [6.45, 7) is 5.65. The van der Waals surface area contributed by atoms with Crippen molar-refractivity contribution in [1.29, 1.82) is 0 Å². The fourth-order valence-corrected chi connectivity index (χ4v) is 2.94. The molecule has 2 saturated heterocycles. The van der Waals surface area contributed by atoms with E-state index in [2.05, 4.69) is 17.1 Å². The van der Waals surface area contributed by atoms with Gasteiger partial charge in [0.05, 0.1) is 0 Å². The van der Waals surface area contributed by atoms with E-state index in [1.165, 1.54) is 38.8 Å². The molecular formula is C11H23N3. The van der Waals surface area contributed by atoms with Gasteiger partial charge in [0.2, 0.25) is 0 Å². The Hall–Kier alpha value is -0.120. The SMILES string of the molecule is CC(N)CN1CCCC2NCCCC21. The van der Waals surface area contributed by atoms with Crippen LogP contribution in [0.3, 0.4) is 0 Å². The summed E-state index contributed by atoms with van der Waals surface area (Å²) >= 11 is 0. The van der Waals surface area contributed by atoms with Crippen LogP contribution in [0.4, 0.5) is 0 Å². The van der Waals surface area contributed by atoms with E-state index < -0.39 is 0 Å². The van der Waals surface area contributed by atoms with E-state index in [0.717, 1.165) is 18.6 Å². The summed E-state index contributed by atoms with van der Waals surface area (Å²) in [6.07, 6.45) is 5.39. The number of nitrogens with one attached hydrogen (secondary N) is 1. The monoisotopic (exact) mass is 197 g/mol. The van der Waals surface area contributed by atoms with Crippen LogP contribution in [0, 0.1) is 0 Å². The van der Waals surface area contributed by atoms with Gasteiger partial charge < -0.3 is 11.1 Å². The Kier molecular flexibility index (Phi) is 3.42. The maximum absolute atomic E-state index is 5.88. The summed E-state index contributed by atoms with van der Waals surface area (Å²) in [4.78, 5) is 2.60. The highest BCUT2D eigenvalue weighted by molar-refractivity contribution is 4.92. The van der Waals surface area contributed by atoms with Crippen molar-refractivity contribution in [2.24, 2.45) is 5.73 Å². The zero-order chi connectivity index (χ0) is 9.97. The van der Waals surface area contributed by atoms with E-state index in [0.29, 0.717) is 6.04 Å². The van der Waals surface area contributed by atoms with Gasteiger partial charge in [-0.15, -0.1) is 0 Å². The third-order valence-corrected chi connectivity index (χ3v) is 3.50. The van der Waals surface area contributed by atoms with E-state index in [-0.39, 0.29) is 0 Å². The number of hydrogen-bond donors (Lipinski definition) is 2. The van der Waals surface area contributed by atoms with Gasteiger partial charge in [-0.25, -0.2) is 0 Å². The molecule has 0 radical (unpaired) electrons. The molecule has 0 spiro atoms. The summed E-state index contributed by atoms with van der Waals surface area (Å²) in [5, 5.41) is 3.64. The third-order valence-electron chi connectivity index (χ3n) is 3.50. The topological polar surface area (TPSA) is 41.3 Å². The van der Waals surface area contributed by atoms with E-state index in [1.807, 2.05) is 0 Å². The fraction of sp³-hybridized carbons (Fsp3) is 1.00. The van der Waals surface area contributed by atoms with Crippen LogP contribution in [0.1, 0.15) is 32.6 Å². The highest BCUT2D eigenvalue weighted by Gasteiger charge is 2.32. The lowest BCUT2D eigenvalue weighted by Gasteiger charge is -2.45. The van der Waals surface area contributed by atoms with Crippen molar-refractivity contribution in [2.75, 3.05) is 19.6 Å². The first-order valence-corrected chi connectivity index (χ1v) is 6.00. The Morgan fingerprint density at radius 3 is 3.07 bits per heavy atom. The first kappa shape index (κ1) is 10.4. The Morgan fingerprint density at radius 2 is 2.29 bits per heavy atom. The van der Waals surface area contributed by atoms with Gasteiger partial charge >= 0.3 is 0 Å². The molecule has 0 aliphatic carbocycles. The summed E-state index contributed by atoms with van der Waals surface area (Å²) in [6, 6.07) is 1.83. The summed E-state index contributed by atoms with van der Waals surface area (Å²) in [5.41, 5.74) is 5.88. The average Bonchev–Trinajstić information content (AvgIpc) is 2.18. The van der Waals surface area contributed by atoms with Gasteiger partial charge in [-0.1, -0.05) is 0 Å². The number of rotatable bonds is 2. The molecule has 3 N–H and O–H groups in total. The average molecular weight is 197 g/mol. The Labute approximate surface area is 87.0 Å². The number of nitrogens with two attached hydrogens (primary N) is 1. The molecule has 3 atom stereocenters. The highest BCUT2D eigenvalue weighted by Crippen LogP contribution is 2.24. The summed E-state index contributed by atoms with van der Waals surface area (Å²) in [7, 11) is 0. The molecule has 2 fully saturated rings. The lowest BCUT2D eigenvalue weighted by Crippen LogP contribution is -2.58. The number of likely N-dealkylation sites (tertiary alicyclic amines) is 1. The molecule has 2 aliphatic heterocycles. The molecule has 0 aromatic rings. The number of hydrogen-bond acceptors (Lipinski definition) is 3. The van der Waals surface area contributed by atoms with Gasteiger partial charge in [0.15, 0.2) is 0 Å². The quantitative estimate of drug-likeness (QED) is 0.679. The van der Waals surface area contributed by atoms with Gasteiger partial charge in [-0.3, -0.25) is 4.90 Å². The minimum absolute atomic E-state index is 0.315. The van der Waals surface area contributed by atoms with E-state index in [1.54, 1.807) is 0 Å². The molecule has 3 unspecified atom stereocenters. The van der Waals surface area contributed by atoms with Gasteiger partial charge in [0, 0.05) is 24.7 Å². The second kappa shape index (κ2) is 4.60. The van der Waals surface area contributed by atoms with Crippen molar-refractivity contribution < 1.29 is 0 Å². The van der Waals surface area contributed by atoms with Gasteiger partial charge in [-0.05, 0) is 45.7 Å². The Balaban J connectivity index is 1.94. The normalized spacial score (nSPS) is 36.4. The highest BCUT2D eigenvalue weighted by atomic mass is 15.2. The summed E-state index contributed by atoms with van der Waals surface area (Å²) < 4.78 is 0. The standard InChI is InChI=1S/C11H23N3/c1-9(12)8-14-7-3-4-10-11(14)5-2-6-13-10/h9-11,13H,2-8,12H2,1H3. The van der Waals surface area contributed by atoms with Crippen LogP contribution in [-0.2, 0) is 0 Å². The van der Waals surface area contributed by atoms with Gasteiger partial charge in [0.1, 0.15) is 0 Å². The molecule has 2 heterocycles. The van der Waals surface area contributed by atoms with E-state index >= 15 is 0 Å². The fourth-order valence-electron chi connectivity index (χ4n) is 2.94. The van der Waals surface area contributed by atoms with Crippen molar-refractivity contribution in [3.05, 3.63) is 0 Å². The van der Waals surface area contributed by atoms with Crippen LogP contribution in [-0.4, -0.2) is 42.7 Å². The second-order valence-corrected chi connectivity index (χ2v) is 4.88. The molecule has 0 amide bonds. The lowest BCUT2D eigenvalue weighted by molar-refractivity contribution is 0.0828. The largest absolute Gasteiger partial charge is 0.327 e. The van der Waals surface area contributed by atoms with Crippen molar-refractivity contribution in [3.8, 4) is 0 Å². The van der Waals surface area contributed by atoms with Crippen LogP contribution in [0.2, 0.25) is 0 Å². The van der Waals surface area contributed by atoms with E-state index in [4.69, 9.17) is 5.73 Å². The van der Waals surface area contributed by atoms with E-state index in [9.17, 15) is 0 Å². The van der Waals surface area contributed by atoms with Crippen LogP contribution < -0.4 is 11.1 Å². The number of nitrogens with zero attached hydrogens (tertiary/aromatic N) is 1. The predicted molar refractivity (Wildman–Crippen MR) is 59.3 cm³/mol. The van der Waals surface area contributed by atoms with Gasteiger partial charge in [0.25, 0.3) is 0 Å². The maximum Gasteiger partial charge on any atom is 0.0250 e. The second-order valence-electron chi connectivity index (χ2n) is 4.88. The minimum atomic E-state index is 0.315. The van der Waals surface area contributed by atoms with Crippen molar-refractivity contribution in [1.82, 2.24) is 10.2 Å². The third kappa shape index (κ3) is 2.27. The van der Waals surface area contributed by atoms with Crippen LogP contribution in [0.25, 0.3) is 0 Å². The Bertz CT molecular complexity index is 179. The lowest BCUT2D eigenvalue weighted by atomic mass is 9.89. The predicted octanol–water partition coefficient (Wildman–Crippen LogP) is 0.550. The molecule has 14 heavy (non-hydrogen) atoms. The van der Waals surface area contributed by atoms with Crippen LogP contribution in [0.15, 0.2) is 0 Å². The first-order chi connectivity index (χ1) is 6.77. The van der Waals surface area contributed by atoms with Crippen LogP contribution in [0.5, 0.6) is 0 Å². The molecule has 0 aromatic carbocycles. The zero-order valence-corrected chi connectivity index (χ0v) is 9.21. The molecule has 2 aliphatic rings. The molecule has 2 rings (SSSR count). The Morgan fingerprint density at radius 1 is 1.43 bits per heavy atom. The van der Waals surface area contributed by atoms with Gasteiger partial charge in [-0.2, -0.15) is 0 Å². The molecule has 82 valence electrons. The molecule has 3 nitrogen and oxygen atoms in total. The van der Waals surface area contributed by atoms with Crippen LogP contribution >= 0.6 is 0 Å².